The fraction of sp³-hybridized carbons (Fsp3) is 0.417. The predicted molar refractivity (Wildman–Crippen MR) is 141 cm³/mol. The van der Waals surface area contributed by atoms with Crippen LogP contribution in [0.25, 0.3) is 0 Å². The van der Waals surface area contributed by atoms with E-state index in [1.165, 1.54) is 19.0 Å². The van der Waals surface area contributed by atoms with Gasteiger partial charge in [0.05, 0.1) is 5.69 Å². The summed E-state index contributed by atoms with van der Waals surface area (Å²) in [7, 11) is -1.21. The second kappa shape index (κ2) is 13.1. The van der Waals surface area contributed by atoms with Crippen molar-refractivity contribution >= 4 is 50.9 Å². The fourth-order valence-corrected chi connectivity index (χ4v) is 4.79. The normalized spacial score (nSPS) is 12.3. The molecule has 0 saturated heterocycles. The lowest BCUT2D eigenvalue weighted by Gasteiger charge is -2.33. The first-order valence-electron chi connectivity index (χ1n) is 11.2. The summed E-state index contributed by atoms with van der Waals surface area (Å²) >= 11 is 12.4. The number of nitrogens with zero attached hydrogens (tertiary/aromatic N) is 3. The molecule has 0 aromatic heterocycles. The van der Waals surface area contributed by atoms with Crippen LogP contribution in [0.5, 0.6) is 0 Å². The standard InChI is InChI=1S/C24H32Cl2N4O4S/c1-5-6-14-27-24(32)18(2)29(16-19-12-13-20(25)15-22(19)26)23(31)17-30(35(33,34)28(3)4)21-10-8-7-9-11-21/h7-13,15,18H,5-6,14,16-17H2,1-4H3,(H,27,32). The molecular weight excluding hydrogens is 511 g/mol. The number of halogens is 2. The quantitative estimate of drug-likeness (QED) is 0.411. The van der Waals surface area contributed by atoms with E-state index in [-0.39, 0.29) is 12.5 Å². The molecule has 0 aliphatic heterocycles. The number of anilines is 1. The topological polar surface area (TPSA) is 90.0 Å². The van der Waals surface area contributed by atoms with Crippen molar-refractivity contribution in [1.29, 1.82) is 0 Å². The minimum absolute atomic E-state index is 0.00183. The highest BCUT2D eigenvalue weighted by Crippen LogP contribution is 2.24. The second-order valence-corrected chi connectivity index (χ2v) is 11.1. The molecule has 0 saturated carbocycles. The second-order valence-electron chi connectivity index (χ2n) is 8.21. The van der Waals surface area contributed by atoms with Gasteiger partial charge in [0.2, 0.25) is 11.8 Å². The van der Waals surface area contributed by atoms with Gasteiger partial charge in [0.1, 0.15) is 12.6 Å². The Morgan fingerprint density at radius 3 is 2.29 bits per heavy atom. The van der Waals surface area contributed by atoms with E-state index >= 15 is 0 Å². The van der Waals surface area contributed by atoms with Crippen molar-refractivity contribution in [2.45, 2.75) is 39.3 Å². The molecule has 1 atom stereocenters. The molecule has 2 aromatic carbocycles. The number of amides is 2. The lowest BCUT2D eigenvalue weighted by Crippen LogP contribution is -2.52. The van der Waals surface area contributed by atoms with Gasteiger partial charge in [0, 0.05) is 37.2 Å². The van der Waals surface area contributed by atoms with Gasteiger partial charge < -0.3 is 10.2 Å². The maximum absolute atomic E-state index is 13.6. The Morgan fingerprint density at radius 1 is 1.06 bits per heavy atom. The maximum Gasteiger partial charge on any atom is 0.304 e. The average molecular weight is 544 g/mol. The Hall–Kier alpha value is -2.33. The Morgan fingerprint density at radius 2 is 1.71 bits per heavy atom. The Kier molecular flexibility index (Phi) is 10.8. The summed E-state index contributed by atoms with van der Waals surface area (Å²) in [5.41, 5.74) is 0.915. The van der Waals surface area contributed by atoms with Crippen LogP contribution in [0.4, 0.5) is 5.69 Å². The molecule has 0 aliphatic rings. The molecular formula is C24H32Cl2N4O4S. The molecule has 1 N–H and O–H groups in total. The first kappa shape index (κ1) is 28.9. The van der Waals surface area contributed by atoms with Crippen LogP contribution in [0, 0.1) is 0 Å². The van der Waals surface area contributed by atoms with E-state index in [1.807, 2.05) is 6.92 Å². The van der Waals surface area contributed by atoms with Crippen LogP contribution >= 0.6 is 23.2 Å². The third-order valence-corrected chi connectivity index (χ3v) is 7.82. The third-order valence-electron chi connectivity index (χ3n) is 5.42. The van der Waals surface area contributed by atoms with Gasteiger partial charge >= 0.3 is 10.2 Å². The summed E-state index contributed by atoms with van der Waals surface area (Å²) < 4.78 is 28.2. The number of benzene rings is 2. The Labute approximate surface area is 218 Å². The van der Waals surface area contributed by atoms with Crippen molar-refractivity contribution in [3.8, 4) is 0 Å². The highest BCUT2D eigenvalue weighted by atomic mass is 35.5. The number of hydrogen-bond acceptors (Lipinski definition) is 4. The fourth-order valence-electron chi connectivity index (χ4n) is 3.26. The lowest BCUT2D eigenvalue weighted by atomic mass is 10.1. The number of nitrogens with one attached hydrogen (secondary N) is 1. The molecule has 35 heavy (non-hydrogen) atoms. The van der Waals surface area contributed by atoms with Crippen molar-refractivity contribution in [3.63, 3.8) is 0 Å². The summed E-state index contributed by atoms with van der Waals surface area (Å²) in [5.74, 6) is -0.887. The van der Waals surface area contributed by atoms with Crippen LogP contribution in [-0.4, -0.2) is 62.7 Å². The summed E-state index contributed by atoms with van der Waals surface area (Å²) in [5, 5.41) is 3.62. The van der Waals surface area contributed by atoms with Gasteiger partial charge in [-0.25, -0.2) is 4.31 Å². The van der Waals surface area contributed by atoms with Crippen LogP contribution in [0.15, 0.2) is 48.5 Å². The van der Waals surface area contributed by atoms with Crippen molar-refractivity contribution in [1.82, 2.24) is 14.5 Å². The molecule has 1 unspecified atom stereocenters. The predicted octanol–water partition coefficient (Wildman–Crippen LogP) is 3.94. The van der Waals surface area contributed by atoms with Gasteiger partial charge in [-0.2, -0.15) is 12.7 Å². The van der Waals surface area contributed by atoms with E-state index in [2.05, 4.69) is 5.32 Å². The molecule has 2 rings (SSSR count). The van der Waals surface area contributed by atoms with Gasteiger partial charge in [-0.05, 0) is 43.2 Å². The van der Waals surface area contributed by atoms with Crippen LogP contribution < -0.4 is 9.62 Å². The summed E-state index contributed by atoms with van der Waals surface area (Å²) in [6.07, 6.45) is 1.71. The van der Waals surface area contributed by atoms with Gasteiger partial charge in [-0.3, -0.25) is 9.59 Å². The number of unbranched alkanes of at least 4 members (excludes halogenated alkanes) is 1. The van der Waals surface area contributed by atoms with E-state index in [0.29, 0.717) is 27.8 Å². The zero-order valence-corrected chi connectivity index (χ0v) is 22.7. The molecule has 0 aliphatic carbocycles. The molecule has 0 bridgehead atoms. The monoisotopic (exact) mass is 542 g/mol. The molecule has 0 spiro atoms. The molecule has 0 radical (unpaired) electrons. The molecule has 0 fully saturated rings. The largest absolute Gasteiger partial charge is 0.354 e. The lowest BCUT2D eigenvalue weighted by molar-refractivity contribution is -0.139. The highest BCUT2D eigenvalue weighted by molar-refractivity contribution is 7.90. The van der Waals surface area contributed by atoms with Gasteiger partial charge in [0.15, 0.2) is 0 Å². The maximum atomic E-state index is 13.6. The van der Waals surface area contributed by atoms with Gasteiger partial charge in [-0.15, -0.1) is 0 Å². The summed E-state index contributed by atoms with van der Waals surface area (Å²) in [4.78, 5) is 27.8. The van der Waals surface area contributed by atoms with E-state index < -0.39 is 28.7 Å². The summed E-state index contributed by atoms with van der Waals surface area (Å²) in [6, 6.07) is 12.3. The first-order valence-corrected chi connectivity index (χ1v) is 13.4. The van der Waals surface area contributed by atoms with Crippen LogP contribution in [0.1, 0.15) is 32.3 Å². The van der Waals surface area contributed by atoms with Crippen molar-refractivity contribution in [3.05, 3.63) is 64.1 Å². The van der Waals surface area contributed by atoms with Gasteiger partial charge in [-0.1, -0.05) is 60.8 Å². The van der Waals surface area contributed by atoms with Crippen LogP contribution in [0.3, 0.4) is 0 Å². The van der Waals surface area contributed by atoms with E-state index in [1.54, 1.807) is 55.5 Å². The molecule has 11 heteroatoms. The number of para-hydroxylation sites is 1. The number of carbonyl (C=O) groups excluding carboxylic acids is 2. The van der Waals surface area contributed by atoms with E-state index in [0.717, 1.165) is 21.5 Å². The number of hydrogen-bond donors (Lipinski definition) is 1. The first-order chi connectivity index (χ1) is 16.5. The minimum atomic E-state index is -4.00. The van der Waals surface area contributed by atoms with E-state index in [4.69, 9.17) is 23.2 Å². The highest BCUT2D eigenvalue weighted by Gasteiger charge is 2.32. The van der Waals surface area contributed by atoms with E-state index in [9.17, 15) is 18.0 Å². The molecule has 2 amide bonds. The third kappa shape index (κ3) is 7.83. The zero-order valence-electron chi connectivity index (χ0n) is 20.4. The average Bonchev–Trinajstić information content (AvgIpc) is 2.82. The number of carbonyl (C=O) groups is 2. The van der Waals surface area contributed by atoms with Crippen LogP contribution in [-0.2, 0) is 26.3 Å². The van der Waals surface area contributed by atoms with Crippen molar-refractivity contribution in [2.75, 3.05) is 31.5 Å². The van der Waals surface area contributed by atoms with Gasteiger partial charge in [0.25, 0.3) is 0 Å². The smallest absolute Gasteiger partial charge is 0.304 e. The minimum Gasteiger partial charge on any atom is -0.354 e. The molecule has 8 nitrogen and oxygen atoms in total. The Bertz CT molecular complexity index is 1110. The SMILES string of the molecule is CCCCNC(=O)C(C)N(Cc1ccc(Cl)cc1Cl)C(=O)CN(c1ccccc1)S(=O)(=O)N(C)C. The molecule has 192 valence electrons. The Balaban J connectivity index is 2.42. The summed E-state index contributed by atoms with van der Waals surface area (Å²) in [6.45, 7) is 3.60. The molecule has 2 aromatic rings. The van der Waals surface area contributed by atoms with Crippen molar-refractivity contribution in [2.24, 2.45) is 0 Å². The molecule has 0 heterocycles. The van der Waals surface area contributed by atoms with Crippen molar-refractivity contribution < 1.29 is 18.0 Å². The van der Waals surface area contributed by atoms with Crippen LogP contribution in [0.2, 0.25) is 10.0 Å². The zero-order chi connectivity index (χ0) is 26.2. The number of rotatable bonds is 12.